The van der Waals surface area contributed by atoms with E-state index in [-0.39, 0.29) is 77.1 Å². The quantitative estimate of drug-likeness (QED) is 0.161. The molecule has 4 rings (SSSR count). The van der Waals surface area contributed by atoms with E-state index in [2.05, 4.69) is 4.98 Å². The van der Waals surface area contributed by atoms with Crippen molar-refractivity contribution in [1.29, 1.82) is 0 Å². The van der Waals surface area contributed by atoms with Gasteiger partial charge in [-0.1, -0.05) is 41.9 Å². The Hall–Kier alpha value is -2.60. The predicted molar refractivity (Wildman–Crippen MR) is 131 cm³/mol. The Labute approximate surface area is 259 Å². The molecular weight excluding hydrogens is 527 g/mol. The van der Waals surface area contributed by atoms with Crippen molar-refractivity contribution in [3.05, 3.63) is 104 Å². The molecule has 0 aliphatic rings. The van der Waals surface area contributed by atoms with Crippen LogP contribution >= 0.6 is 11.6 Å². The average Bonchev–Trinajstić information content (AvgIpc) is 3.17. The average molecular weight is 549 g/mol. The summed E-state index contributed by atoms with van der Waals surface area (Å²) in [6.07, 6.45) is 0. The van der Waals surface area contributed by atoms with Crippen LogP contribution in [0.5, 0.6) is 11.5 Å². The van der Waals surface area contributed by atoms with Crippen molar-refractivity contribution in [2.24, 2.45) is 0 Å². The number of esters is 1. The van der Waals surface area contributed by atoms with Gasteiger partial charge in [0, 0.05) is 19.0 Å². The summed E-state index contributed by atoms with van der Waals surface area (Å²) in [7, 11) is 0. The maximum Gasteiger partial charge on any atom is 1.00 e. The summed E-state index contributed by atoms with van der Waals surface area (Å²) in [5.74, 6) is -0.0371. The first-order valence-electron chi connectivity index (χ1n) is 11.0. The van der Waals surface area contributed by atoms with Gasteiger partial charge in [0.25, 0.3) is 0 Å². The first-order valence-corrected chi connectivity index (χ1v) is 11.4. The van der Waals surface area contributed by atoms with Crippen molar-refractivity contribution in [3.63, 3.8) is 0 Å². The number of carbonyl (C=O) groups is 1. The summed E-state index contributed by atoms with van der Waals surface area (Å²) < 4.78 is 21.9. The third-order valence-corrected chi connectivity index (χ3v) is 5.39. The van der Waals surface area contributed by atoms with Crippen LogP contribution in [0.15, 0.2) is 80.8 Å². The summed E-state index contributed by atoms with van der Waals surface area (Å²) >= 11 is 6.49. The first-order chi connectivity index (χ1) is 17.4. The van der Waals surface area contributed by atoms with Crippen molar-refractivity contribution in [2.45, 2.75) is 20.1 Å². The van der Waals surface area contributed by atoms with Crippen LogP contribution in [0, 0.1) is 0 Å². The molecule has 0 unspecified atom stereocenters. The zero-order valence-corrected chi connectivity index (χ0v) is 24.2. The van der Waals surface area contributed by atoms with E-state index in [9.17, 15) is 14.4 Å². The fourth-order valence-electron chi connectivity index (χ4n) is 3.40. The van der Waals surface area contributed by atoms with Crippen LogP contribution in [0.1, 0.15) is 18.1 Å². The van der Waals surface area contributed by atoms with Crippen LogP contribution in [-0.4, -0.2) is 23.9 Å². The SMILES string of the molecule is CC(=O)OCCOc1ccc(-c2cccc(COc3ccc(Cn4oc(=O)[n-]c4=O)cc3)c2)c(Cl)c1.[K+]. The van der Waals surface area contributed by atoms with E-state index in [1.807, 2.05) is 36.4 Å². The molecule has 0 aliphatic heterocycles. The number of rotatable bonds is 10. The minimum atomic E-state index is -0.913. The number of carbonyl (C=O) groups excluding carboxylic acids is 1. The van der Waals surface area contributed by atoms with Crippen LogP contribution in [-0.2, 0) is 22.7 Å². The summed E-state index contributed by atoms with van der Waals surface area (Å²) in [6, 6.07) is 20.3. The second kappa shape index (κ2) is 13.8. The van der Waals surface area contributed by atoms with Crippen LogP contribution < -0.4 is 77.3 Å². The van der Waals surface area contributed by atoms with Gasteiger partial charge >= 0.3 is 63.1 Å². The van der Waals surface area contributed by atoms with Crippen LogP contribution in [0.2, 0.25) is 5.02 Å². The fraction of sp³-hybridized carbons (Fsp3) is 0.192. The van der Waals surface area contributed by atoms with Gasteiger partial charge in [-0.15, -0.1) is 0 Å². The molecule has 9 nitrogen and oxygen atoms in total. The van der Waals surface area contributed by atoms with Crippen LogP contribution in [0.3, 0.4) is 0 Å². The predicted octanol–water partition coefficient (Wildman–Crippen LogP) is 0.652. The Morgan fingerprint density at radius 3 is 2.38 bits per heavy atom. The molecule has 0 N–H and O–H groups in total. The van der Waals surface area contributed by atoms with Crippen LogP contribution in [0.4, 0.5) is 0 Å². The van der Waals surface area contributed by atoms with Gasteiger partial charge in [0.15, 0.2) is 5.69 Å². The summed E-state index contributed by atoms with van der Waals surface area (Å²) in [5, 5.41) is 0.531. The number of halogens is 1. The molecule has 0 bridgehead atoms. The maximum atomic E-state index is 11.5. The summed E-state index contributed by atoms with van der Waals surface area (Å²) in [4.78, 5) is 36.6. The van der Waals surface area contributed by atoms with Crippen molar-refractivity contribution >= 4 is 17.6 Å². The molecular formula is C26H22ClKN2O7. The number of aromatic nitrogens is 2. The Morgan fingerprint density at radius 1 is 0.946 bits per heavy atom. The van der Waals surface area contributed by atoms with E-state index in [4.69, 9.17) is 30.3 Å². The molecule has 0 radical (unpaired) electrons. The molecule has 0 amide bonds. The molecule has 3 aromatic carbocycles. The molecule has 37 heavy (non-hydrogen) atoms. The van der Waals surface area contributed by atoms with Crippen molar-refractivity contribution in [3.8, 4) is 22.6 Å². The second-order valence-electron chi connectivity index (χ2n) is 7.75. The molecule has 0 spiro atoms. The minimum absolute atomic E-state index is 0. The van der Waals surface area contributed by atoms with Gasteiger partial charge in [-0.3, -0.25) is 14.3 Å². The van der Waals surface area contributed by atoms with Crippen LogP contribution in [0.25, 0.3) is 11.1 Å². The normalized spacial score (nSPS) is 10.4. The molecule has 11 heteroatoms. The largest absolute Gasteiger partial charge is 1.00 e. The molecule has 0 fully saturated rings. The van der Waals surface area contributed by atoms with Crippen molar-refractivity contribution in [2.75, 3.05) is 13.2 Å². The number of hydrogen-bond donors (Lipinski definition) is 0. The van der Waals surface area contributed by atoms with Gasteiger partial charge in [-0.25, -0.2) is 4.79 Å². The number of ether oxygens (including phenoxy) is 3. The Morgan fingerprint density at radius 2 is 1.70 bits per heavy atom. The Bertz CT molecular complexity index is 1460. The third kappa shape index (κ3) is 8.46. The number of nitrogens with zero attached hydrogens (tertiary/aromatic N) is 2. The molecule has 0 saturated carbocycles. The van der Waals surface area contributed by atoms with Gasteiger partial charge in [0.1, 0.15) is 31.3 Å². The van der Waals surface area contributed by atoms with Gasteiger partial charge in [0.05, 0.1) is 5.02 Å². The van der Waals surface area contributed by atoms with Crippen molar-refractivity contribution < 1.29 is 74.9 Å². The zero-order chi connectivity index (χ0) is 25.5. The van der Waals surface area contributed by atoms with Gasteiger partial charge < -0.3 is 23.7 Å². The Balaban J connectivity index is 0.00000380. The number of hydrogen-bond acceptors (Lipinski definition) is 7. The molecule has 0 saturated heterocycles. The number of benzene rings is 3. The van der Waals surface area contributed by atoms with Gasteiger partial charge in [-0.2, -0.15) is 0 Å². The smallest absolute Gasteiger partial charge is 0.490 e. The van der Waals surface area contributed by atoms with E-state index < -0.39 is 11.4 Å². The van der Waals surface area contributed by atoms with Gasteiger partial charge in [0.2, 0.25) is 0 Å². The fourth-order valence-corrected chi connectivity index (χ4v) is 3.68. The third-order valence-electron chi connectivity index (χ3n) is 5.08. The molecule has 4 aromatic rings. The van der Waals surface area contributed by atoms with Gasteiger partial charge in [-0.05, 0) is 53.1 Å². The molecule has 0 aliphatic carbocycles. The first kappa shape index (κ1) is 29.0. The standard InChI is InChI=1S/C26H23ClN2O7.K/c1-17(30)33-11-12-34-22-9-10-23(24(27)14-22)20-4-2-3-19(13-20)16-35-21-7-5-18(6-8-21)15-29-25(31)28-26(32)36-29;/h2-10,13-14H,11-12,15-16H2,1H3,(H,28,31,32);/q;+1/p-1. The van der Waals surface area contributed by atoms with E-state index in [0.29, 0.717) is 23.1 Å². The van der Waals surface area contributed by atoms with E-state index in [1.165, 1.54) is 6.92 Å². The maximum absolute atomic E-state index is 11.5. The molecule has 1 heterocycles. The summed E-state index contributed by atoms with van der Waals surface area (Å²) in [6.45, 7) is 2.20. The minimum Gasteiger partial charge on any atom is -0.490 e. The van der Waals surface area contributed by atoms with E-state index >= 15 is 0 Å². The molecule has 1 aromatic heterocycles. The summed E-state index contributed by atoms with van der Waals surface area (Å²) in [5.41, 5.74) is 2.76. The Kier molecular flexibility index (Phi) is 10.8. The second-order valence-corrected chi connectivity index (χ2v) is 8.16. The van der Waals surface area contributed by atoms with E-state index in [1.54, 1.807) is 30.3 Å². The molecule has 186 valence electrons. The monoisotopic (exact) mass is 548 g/mol. The zero-order valence-electron chi connectivity index (χ0n) is 20.3. The topological polar surface area (TPSA) is 111 Å². The van der Waals surface area contributed by atoms with Crippen molar-refractivity contribution in [1.82, 2.24) is 9.72 Å². The molecule has 0 atom stereocenters. The van der Waals surface area contributed by atoms with E-state index in [0.717, 1.165) is 27.0 Å².